The Kier molecular flexibility index (Phi) is 2.76. The van der Waals surface area contributed by atoms with Crippen LogP contribution < -0.4 is 0 Å². The predicted octanol–water partition coefficient (Wildman–Crippen LogP) is 1.17. The Morgan fingerprint density at radius 2 is 2.00 bits per heavy atom. The maximum atomic E-state index is 9.67. The van der Waals surface area contributed by atoms with Crippen LogP contribution in [0.5, 0.6) is 0 Å². The summed E-state index contributed by atoms with van der Waals surface area (Å²) in [4.78, 5) is 9.67. The van der Waals surface area contributed by atoms with Crippen LogP contribution in [0, 0.1) is 12.0 Å². The Morgan fingerprint density at radius 1 is 1.27 bits per heavy atom. The number of hydrogen-bond donors (Lipinski definition) is 0. The standard InChI is InChI=1S/C9H6O2/c10-8-11-7-6-9-4-2-1-3-5-9/h1-5,8H. The zero-order valence-corrected chi connectivity index (χ0v) is 5.78. The highest BCUT2D eigenvalue weighted by Gasteiger charge is 1.79. The van der Waals surface area contributed by atoms with Crippen molar-refractivity contribution in [2.75, 3.05) is 0 Å². The Balaban J connectivity index is 2.66. The van der Waals surface area contributed by atoms with Crippen LogP contribution in [0.15, 0.2) is 30.3 Å². The number of rotatable bonds is 1. The topological polar surface area (TPSA) is 26.3 Å². The average molecular weight is 146 g/mol. The average Bonchev–Trinajstić information content (AvgIpc) is 2.07. The van der Waals surface area contributed by atoms with Gasteiger partial charge in [-0.2, -0.15) is 0 Å². The Labute approximate surface area is 64.8 Å². The molecule has 0 atom stereocenters. The van der Waals surface area contributed by atoms with Gasteiger partial charge in [-0.15, -0.1) is 0 Å². The molecule has 2 nitrogen and oxygen atoms in total. The molecular formula is C9H6O2. The molecular weight excluding hydrogens is 140 g/mol. The second-order valence-electron chi connectivity index (χ2n) is 1.81. The third-order valence-electron chi connectivity index (χ3n) is 1.08. The lowest BCUT2D eigenvalue weighted by Crippen LogP contribution is -1.75. The minimum atomic E-state index is 0.302. The molecule has 1 aromatic carbocycles. The molecule has 2 heteroatoms. The summed E-state index contributed by atoms with van der Waals surface area (Å²) in [6, 6.07) is 9.30. The van der Waals surface area contributed by atoms with Crippen LogP contribution in [0.1, 0.15) is 5.56 Å². The summed E-state index contributed by atoms with van der Waals surface area (Å²) < 4.78 is 4.20. The summed E-state index contributed by atoms with van der Waals surface area (Å²) in [6.45, 7) is 0.302. The molecule has 0 saturated heterocycles. The third kappa shape index (κ3) is 2.55. The Bertz CT molecular complexity index is 279. The van der Waals surface area contributed by atoms with Crippen LogP contribution in [0.3, 0.4) is 0 Å². The molecule has 0 aliphatic carbocycles. The van der Waals surface area contributed by atoms with Gasteiger partial charge in [-0.3, -0.25) is 4.79 Å². The normalized spacial score (nSPS) is 7.64. The van der Waals surface area contributed by atoms with Gasteiger partial charge in [0, 0.05) is 5.56 Å². The number of hydrogen-bond acceptors (Lipinski definition) is 2. The van der Waals surface area contributed by atoms with Crippen molar-refractivity contribution in [2.24, 2.45) is 0 Å². The van der Waals surface area contributed by atoms with Crippen molar-refractivity contribution in [3.8, 4) is 12.0 Å². The largest absolute Gasteiger partial charge is 0.374 e. The molecule has 1 rings (SSSR count). The lowest BCUT2D eigenvalue weighted by atomic mass is 10.2. The molecule has 0 bridgehead atoms. The van der Waals surface area contributed by atoms with Gasteiger partial charge in [0.05, 0.1) is 0 Å². The smallest absolute Gasteiger partial charge is 0.307 e. The molecule has 11 heavy (non-hydrogen) atoms. The van der Waals surface area contributed by atoms with E-state index in [-0.39, 0.29) is 0 Å². The van der Waals surface area contributed by atoms with Crippen molar-refractivity contribution in [2.45, 2.75) is 0 Å². The van der Waals surface area contributed by atoms with Crippen molar-refractivity contribution >= 4 is 6.47 Å². The molecule has 0 aromatic heterocycles. The molecule has 0 fully saturated rings. The van der Waals surface area contributed by atoms with Crippen LogP contribution in [-0.4, -0.2) is 6.47 Å². The molecule has 0 unspecified atom stereocenters. The van der Waals surface area contributed by atoms with Gasteiger partial charge in [0.1, 0.15) is 6.11 Å². The Morgan fingerprint density at radius 3 is 2.64 bits per heavy atom. The number of carbonyl (C=O) groups excluding carboxylic acids is 1. The monoisotopic (exact) mass is 146 g/mol. The fourth-order valence-electron chi connectivity index (χ4n) is 0.634. The molecule has 0 radical (unpaired) electrons. The van der Waals surface area contributed by atoms with E-state index in [1.54, 1.807) is 0 Å². The SMILES string of the molecule is O=COC#Cc1ccccc1. The van der Waals surface area contributed by atoms with E-state index in [1.165, 1.54) is 0 Å². The Hall–Kier alpha value is -1.75. The number of benzene rings is 1. The molecule has 0 heterocycles. The van der Waals surface area contributed by atoms with E-state index in [9.17, 15) is 4.79 Å². The van der Waals surface area contributed by atoms with Gasteiger partial charge in [0.25, 0.3) is 0 Å². The summed E-state index contributed by atoms with van der Waals surface area (Å²) in [7, 11) is 0. The molecule has 1 aromatic rings. The van der Waals surface area contributed by atoms with Gasteiger partial charge in [0.15, 0.2) is 0 Å². The maximum absolute atomic E-state index is 9.67. The van der Waals surface area contributed by atoms with E-state index in [4.69, 9.17) is 0 Å². The lowest BCUT2D eigenvalue weighted by Gasteiger charge is -1.84. The van der Waals surface area contributed by atoms with Crippen molar-refractivity contribution in [1.82, 2.24) is 0 Å². The van der Waals surface area contributed by atoms with Crippen LogP contribution in [0.25, 0.3) is 0 Å². The summed E-state index contributed by atoms with van der Waals surface area (Å²) in [5.74, 6) is 2.64. The zero-order chi connectivity index (χ0) is 7.94. The number of carbonyl (C=O) groups is 1. The first kappa shape index (κ1) is 7.36. The predicted molar refractivity (Wildman–Crippen MR) is 40.5 cm³/mol. The summed E-state index contributed by atoms with van der Waals surface area (Å²) in [6.07, 6.45) is 2.23. The van der Waals surface area contributed by atoms with E-state index >= 15 is 0 Å². The lowest BCUT2D eigenvalue weighted by molar-refractivity contribution is -0.122. The summed E-state index contributed by atoms with van der Waals surface area (Å²) in [5.41, 5.74) is 0.828. The summed E-state index contributed by atoms with van der Waals surface area (Å²) in [5, 5.41) is 0. The van der Waals surface area contributed by atoms with E-state index < -0.39 is 0 Å². The quantitative estimate of drug-likeness (QED) is 0.439. The molecule has 0 N–H and O–H groups in total. The van der Waals surface area contributed by atoms with E-state index in [0.717, 1.165) is 5.56 Å². The van der Waals surface area contributed by atoms with Gasteiger partial charge in [-0.1, -0.05) is 18.2 Å². The number of ether oxygens (including phenoxy) is 1. The second kappa shape index (κ2) is 4.13. The van der Waals surface area contributed by atoms with Crippen molar-refractivity contribution < 1.29 is 9.53 Å². The van der Waals surface area contributed by atoms with Gasteiger partial charge < -0.3 is 4.74 Å². The van der Waals surface area contributed by atoms with Crippen molar-refractivity contribution in [3.05, 3.63) is 35.9 Å². The summed E-state index contributed by atoms with van der Waals surface area (Å²) >= 11 is 0. The fraction of sp³-hybridized carbons (Fsp3) is 0. The minimum absolute atomic E-state index is 0.302. The van der Waals surface area contributed by atoms with Gasteiger partial charge >= 0.3 is 6.47 Å². The highest BCUT2D eigenvalue weighted by molar-refractivity contribution is 5.41. The van der Waals surface area contributed by atoms with Gasteiger partial charge in [0.2, 0.25) is 0 Å². The third-order valence-corrected chi connectivity index (χ3v) is 1.08. The molecule has 0 spiro atoms. The van der Waals surface area contributed by atoms with Crippen LogP contribution in [0.4, 0.5) is 0 Å². The van der Waals surface area contributed by atoms with E-state index in [2.05, 4.69) is 16.8 Å². The maximum Gasteiger partial charge on any atom is 0.307 e. The van der Waals surface area contributed by atoms with E-state index in [1.807, 2.05) is 30.3 Å². The highest BCUT2D eigenvalue weighted by Crippen LogP contribution is 1.94. The van der Waals surface area contributed by atoms with Crippen molar-refractivity contribution in [1.29, 1.82) is 0 Å². The first-order chi connectivity index (χ1) is 5.43. The van der Waals surface area contributed by atoms with Gasteiger partial charge in [-0.25, -0.2) is 0 Å². The van der Waals surface area contributed by atoms with Gasteiger partial charge in [-0.05, 0) is 18.1 Å². The second-order valence-corrected chi connectivity index (χ2v) is 1.81. The first-order valence-corrected chi connectivity index (χ1v) is 3.09. The van der Waals surface area contributed by atoms with Crippen molar-refractivity contribution in [3.63, 3.8) is 0 Å². The molecule has 54 valence electrons. The van der Waals surface area contributed by atoms with Crippen LogP contribution >= 0.6 is 0 Å². The zero-order valence-electron chi connectivity index (χ0n) is 5.78. The molecule has 0 saturated carbocycles. The molecule has 0 amide bonds. The molecule has 0 aliphatic rings. The van der Waals surface area contributed by atoms with Crippen LogP contribution in [0.2, 0.25) is 0 Å². The minimum Gasteiger partial charge on any atom is -0.374 e. The highest BCUT2D eigenvalue weighted by atomic mass is 16.5. The fourth-order valence-corrected chi connectivity index (χ4v) is 0.634. The van der Waals surface area contributed by atoms with E-state index in [0.29, 0.717) is 6.47 Å². The van der Waals surface area contributed by atoms with Crippen LogP contribution in [-0.2, 0) is 9.53 Å². The first-order valence-electron chi connectivity index (χ1n) is 3.09. The molecule has 0 aliphatic heterocycles.